The van der Waals surface area contributed by atoms with Gasteiger partial charge in [0.2, 0.25) is 0 Å². The van der Waals surface area contributed by atoms with Gasteiger partial charge < -0.3 is 20.0 Å². The maximum atomic E-state index is 11.9. The van der Waals surface area contributed by atoms with Crippen LogP contribution in [0.15, 0.2) is 12.1 Å². The minimum atomic E-state index is -0.170. The van der Waals surface area contributed by atoms with Crippen LogP contribution in [-0.4, -0.2) is 85.8 Å². The molecule has 22 heavy (non-hydrogen) atoms. The van der Waals surface area contributed by atoms with Gasteiger partial charge in [0, 0.05) is 39.3 Å². The van der Waals surface area contributed by atoms with E-state index in [0.29, 0.717) is 12.2 Å². The average molecular weight is 306 g/mol. The van der Waals surface area contributed by atoms with Crippen molar-refractivity contribution < 1.29 is 4.79 Å². The van der Waals surface area contributed by atoms with Gasteiger partial charge in [-0.2, -0.15) is 0 Å². The lowest BCUT2D eigenvalue weighted by molar-refractivity contribution is 0.0945. The molecule has 0 aromatic carbocycles. The molecule has 0 bridgehead atoms. The highest BCUT2D eigenvalue weighted by Gasteiger charge is 2.17. The largest absolute Gasteiger partial charge is 0.353 e. The summed E-state index contributed by atoms with van der Waals surface area (Å²) in [5.74, 6) is 0.678. The Balaban J connectivity index is 1.86. The van der Waals surface area contributed by atoms with Crippen molar-refractivity contribution in [3.8, 4) is 0 Å². The molecule has 1 fully saturated rings. The third kappa shape index (κ3) is 4.64. The van der Waals surface area contributed by atoms with Gasteiger partial charge in [-0.1, -0.05) is 6.92 Å². The van der Waals surface area contributed by atoms with Crippen LogP contribution in [0.1, 0.15) is 17.4 Å². The van der Waals surface area contributed by atoms with Gasteiger partial charge in [0.1, 0.15) is 0 Å². The van der Waals surface area contributed by atoms with Crippen molar-refractivity contribution in [2.75, 3.05) is 64.8 Å². The Labute approximate surface area is 132 Å². The van der Waals surface area contributed by atoms with Gasteiger partial charge in [0.15, 0.2) is 11.5 Å². The van der Waals surface area contributed by atoms with Crippen LogP contribution in [0.3, 0.4) is 0 Å². The average Bonchev–Trinajstić information content (AvgIpc) is 2.54. The molecule has 7 heteroatoms. The minimum Gasteiger partial charge on any atom is -0.353 e. The molecule has 1 amide bonds. The van der Waals surface area contributed by atoms with E-state index in [1.807, 2.05) is 25.1 Å². The summed E-state index contributed by atoms with van der Waals surface area (Å²) in [7, 11) is 3.94. The maximum absolute atomic E-state index is 11.9. The Bertz CT molecular complexity index is 467. The van der Waals surface area contributed by atoms with E-state index in [2.05, 4.69) is 32.2 Å². The maximum Gasteiger partial charge on any atom is 0.271 e. The van der Waals surface area contributed by atoms with Gasteiger partial charge in [-0.15, -0.1) is 10.2 Å². The highest BCUT2D eigenvalue weighted by Crippen LogP contribution is 2.12. The Morgan fingerprint density at radius 1 is 1.23 bits per heavy atom. The van der Waals surface area contributed by atoms with Crippen LogP contribution >= 0.6 is 0 Å². The van der Waals surface area contributed by atoms with Crippen LogP contribution in [0.2, 0.25) is 0 Å². The second kappa shape index (κ2) is 8.05. The number of likely N-dealkylation sites (N-methyl/N-ethyl adjacent to an activating group) is 2. The van der Waals surface area contributed by atoms with Gasteiger partial charge in [-0.3, -0.25) is 4.79 Å². The number of amides is 1. The molecule has 0 radical (unpaired) electrons. The minimum absolute atomic E-state index is 0.170. The number of carbonyl (C=O) groups is 1. The van der Waals surface area contributed by atoms with E-state index in [1.54, 1.807) is 6.07 Å². The Kier molecular flexibility index (Phi) is 6.09. The first-order chi connectivity index (χ1) is 10.6. The van der Waals surface area contributed by atoms with Crippen molar-refractivity contribution in [1.29, 1.82) is 0 Å². The molecule has 1 aliphatic rings. The first kappa shape index (κ1) is 16.6. The topological polar surface area (TPSA) is 64.6 Å². The van der Waals surface area contributed by atoms with E-state index >= 15 is 0 Å². The summed E-state index contributed by atoms with van der Waals surface area (Å²) >= 11 is 0. The molecule has 0 unspecified atom stereocenters. The van der Waals surface area contributed by atoms with Crippen LogP contribution in [0.5, 0.6) is 0 Å². The Morgan fingerprint density at radius 2 is 1.95 bits per heavy atom. The molecular weight excluding hydrogens is 280 g/mol. The van der Waals surface area contributed by atoms with Crippen LogP contribution in [0, 0.1) is 0 Å². The molecule has 0 saturated carbocycles. The molecule has 122 valence electrons. The number of nitrogens with one attached hydrogen (secondary N) is 1. The number of piperazine rings is 1. The zero-order chi connectivity index (χ0) is 15.9. The predicted octanol–water partition coefficient (Wildman–Crippen LogP) is -0.0901. The van der Waals surface area contributed by atoms with Crippen LogP contribution < -0.4 is 10.2 Å². The summed E-state index contributed by atoms with van der Waals surface area (Å²) in [4.78, 5) is 18.6. The van der Waals surface area contributed by atoms with E-state index in [0.717, 1.165) is 45.1 Å². The lowest BCUT2D eigenvalue weighted by atomic mass is 10.3. The zero-order valence-electron chi connectivity index (χ0n) is 13.7. The number of anilines is 1. The molecule has 1 aliphatic heterocycles. The molecule has 0 aliphatic carbocycles. The van der Waals surface area contributed by atoms with Gasteiger partial charge in [-0.05, 0) is 32.8 Å². The fourth-order valence-corrected chi connectivity index (χ4v) is 2.39. The van der Waals surface area contributed by atoms with Crippen molar-refractivity contribution in [3.63, 3.8) is 0 Å². The second-order valence-corrected chi connectivity index (χ2v) is 5.76. The quantitative estimate of drug-likeness (QED) is 0.792. The van der Waals surface area contributed by atoms with Crippen molar-refractivity contribution in [3.05, 3.63) is 17.8 Å². The smallest absolute Gasteiger partial charge is 0.271 e. The number of hydrogen-bond donors (Lipinski definition) is 1. The van der Waals surface area contributed by atoms with Gasteiger partial charge in [0.25, 0.3) is 5.91 Å². The number of nitrogens with zero attached hydrogens (tertiary/aromatic N) is 5. The van der Waals surface area contributed by atoms with Crippen LogP contribution in [-0.2, 0) is 0 Å². The van der Waals surface area contributed by atoms with E-state index in [4.69, 9.17) is 0 Å². The molecule has 0 spiro atoms. The first-order valence-corrected chi connectivity index (χ1v) is 7.84. The van der Waals surface area contributed by atoms with Crippen molar-refractivity contribution in [2.45, 2.75) is 6.92 Å². The Hall–Kier alpha value is -1.73. The zero-order valence-corrected chi connectivity index (χ0v) is 13.7. The number of rotatable bonds is 6. The second-order valence-electron chi connectivity index (χ2n) is 5.76. The summed E-state index contributed by atoms with van der Waals surface area (Å²) in [6, 6.07) is 3.63. The van der Waals surface area contributed by atoms with E-state index < -0.39 is 0 Å². The lowest BCUT2D eigenvalue weighted by Crippen LogP contribution is -2.46. The van der Waals surface area contributed by atoms with Crippen molar-refractivity contribution in [2.24, 2.45) is 0 Å². The fraction of sp³-hybridized carbons (Fsp3) is 0.667. The molecular formula is C15H26N6O. The highest BCUT2D eigenvalue weighted by atomic mass is 16.1. The summed E-state index contributed by atoms with van der Waals surface area (Å²) in [6.07, 6.45) is 0. The first-order valence-electron chi connectivity index (χ1n) is 7.84. The van der Waals surface area contributed by atoms with E-state index in [1.165, 1.54) is 0 Å². The van der Waals surface area contributed by atoms with E-state index in [-0.39, 0.29) is 5.91 Å². The molecule has 1 aromatic heterocycles. The van der Waals surface area contributed by atoms with Gasteiger partial charge in [-0.25, -0.2) is 0 Å². The number of aromatic nitrogens is 2. The third-order valence-electron chi connectivity index (χ3n) is 3.87. The Morgan fingerprint density at radius 3 is 2.50 bits per heavy atom. The van der Waals surface area contributed by atoms with Crippen molar-refractivity contribution >= 4 is 11.7 Å². The number of hydrogen-bond acceptors (Lipinski definition) is 6. The fourth-order valence-electron chi connectivity index (χ4n) is 2.39. The molecule has 1 N–H and O–H groups in total. The van der Waals surface area contributed by atoms with Crippen LogP contribution in [0.4, 0.5) is 5.82 Å². The molecule has 0 atom stereocenters. The summed E-state index contributed by atoms with van der Waals surface area (Å²) < 4.78 is 0. The predicted molar refractivity (Wildman–Crippen MR) is 87.2 cm³/mol. The van der Waals surface area contributed by atoms with Crippen LogP contribution in [0.25, 0.3) is 0 Å². The highest BCUT2D eigenvalue weighted by molar-refractivity contribution is 5.92. The molecule has 7 nitrogen and oxygen atoms in total. The normalized spacial score (nSPS) is 16.1. The van der Waals surface area contributed by atoms with E-state index in [9.17, 15) is 4.79 Å². The summed E-state index contributed by atoms with van der Waals surface area (Å²) in [6.45, 7) is 8.68. The number of carbonyl (C=O) groups excluding carboxylic acids is 1. The lowest BCUT2D eigenvalue weighted by Gasteiger charge is -2.34. The molecule has 1 saturated heterocycles. The standard InChI is InChI=1S/C15H26N6O/c1-4-20-9-11-21(12-10-20)14-6-5-13(17-18-14)15(22)16-7-8-19(2)3/h5-6H,4,7-12H2,1-3H3,(H,16,22). The van der Waals surface area contributed by atoms with Gasteiger partial charge in [0.05, 0.1) is 0 Å². The van der Waals surface area contributed by atoms with Gasteiger partial charge >= 0.3 is 0 Å². The summed E-state index contributed by atoms with van der Waals surface area (Å²) in [5.41, 5.74) is 0.370. The molecule has 2 rings (SSSR count). The molecule has 2 heterocycles. The van der Waals surface area contributed by atoms with Crippen molar-refractivity contribution in [1.82, 2.24) is 25.3 Å². The monoisotopic (exact) mass is 306 g/mol. The summed E-state index contributed by atoms with van der Waals surface area (Å²) in [5, 5.41) is 11.1. The third-order valence-corrected chi connectivity index (χ3v) is 3.87. The molecule has 1 aromatic rings. The SMILES string of the molecule is CCN1CCN(c2ccc(C(=O)NCCN(C)C)nn2)CC1.